The first-order valence-corrected chi connectivity index (χ1v) is 7.55. The molecule has 0 aromatic heterocycles. The van der Waals surface area contributed by atoms with Crippen LogP contribution in [-0.4, -0.2) is 25.6 Å². The maximum absolute atomic E-state index is 11.3. The fraction of sp³-hybridized carbons (Fsp3) is 0.222. The smallest absolute Gasteiger partial charge is 0.279 e. The lowest BCUT2D eigenvalue weighted by Gasteiger charge is -2.12. The molecule has 0 aliphatic heterocycles. The zero-order valence-corrected chi connectivity index (χ0v) is 16.0. The van der Waals surface area contributed by atoms with Gasteiger partial charge in [0, 0.05) is 18.0 Å². The number of non-ortho nitro benzene ring substituents is 1. The number of hydrogen-bond donors (Lipinski definition) is 2. The Bertz CT molecular complexity index is 841. The van der Waals surface area contributed by atoms with Gasteiger partial charge in [-0.15, -0.1) is 24.8 Å². The van der Waals surface area contributed by atoms with Gasteiger partial charge < -0.3 is 10.6 Å². The summed E-state index contributed by atoms with van der Waals surface area (Å²) >= 11 is 0. The molecule has 5 nitrogen and oxygen atoms in total. The van der Waals surface area contributed by atoms with Gasteiger partial charge in [-0.25, -0.2) is 0 Å². The minimum absolute atomic E-state index is 0. The number of anilines is 1. The van der Waals surface area contributed by atoms with Crippen LogP contribution in [0.5, 0.6) is 0 Å². The minimum atomic E-state index is -0.321. The van der Waals surface area contributed by atoms with Crippen molar-refractivity contribution in [3.63, 3.8) is 0 Å². The number of rotatable bonds is 3. The molecule has 25 heavy (non-hydrogen) atoms. The molecule has 0 unspecified atom stereocenters. The van der Waals surface area contributed by atoms with Crippen LogP contribution in [0.3, 0.4) is 0 Å². The van der Waals surface area contributed by atoms with Crippen LogP contribution in [0, 0.1) is 10.1 Å². The van der Waals surface area contributed by atoms with E-state index in [0.29, 0.717) is 5.39 Å². The number of nitro benzene ring substituents is 1. The summed E-state index contributed by atoms with van der Waals surface area (Å²) in [5.74, 6) is 0. The first-order chi connectivity index (χ1) is 11.1. The predicted octanol–water partition coefficient (Wildman–Crippen LogP) is 5.01. The number of halogens is 2. The lowest BCUT2D eigenvalue weighted by atomic mass is 9.99. The van der Waals surface area contributed by atoms with Crippen LogP contribution in [-0.2, 0) is 0 Å². The molecule has 0 aliphatic carbocycles. The molecule has 0 saturated heterocycles. The highest BCUT2D eigenvalue weighted by Gasteiger charge is 2.17. The van der Waals surface area contributed by atoms with Crippen molar-refractivity contribution < 1.29 is 4.92 Å². The maximum atomic E-state index is 11.3. The molecule has 3 aromatic carbocycles. The highest BCUT2D eigenvalue weighted by molar-refractivity contribution is 6.14. The van der Waals surface area contributed by atoms with Crippen LogP contribution in [0.2, 0.25) is 0 Å². The molecule has 0 atom stereocenters. The van der Waals surface area contributed by atoms with Gasteiger partial charge in [0.1, 0.15) is 0 Å². The first kappa shape index (κ1) is 22.9. The summed E-state index contributed by atoms with van der Waals surface area (Å²) in [7, 11) is 3.75. The summed E-state index contributed by atoms with van der Waals surface area (Å²) in [6, 6.07) is 15.1. The molecule has 0 heterocycles. The fourth-order valence-corrected chi connectivity index (χ4v) is 2.62. The van der Waals surface area contributed by atoms with Crippen LogP contribution in [0.1, 0.15) is 6.92 Å². The number of nitro groups is 1. The van der Waals surface area contributed by atoms with Crippen LogP contribution >= 0.6 is 24.8 Å². The average molecular weight is 384 g/mol. The third kappa shape index (κ3) is 4.95. The van der Waals surface area contributed by atoms with Crippen molar-refractivity contribution >= 4 is 57.7 Å². The van der Waals surface area contributed by atoms with E-state index in [1.165, 1.54) is 0 Å². The Morgan fingerprint density at radius 1 is 1.00 bits per heavy atom. The summed E-state index contributed by atoms with van der Waals surface area (Å²) in [4.78, 5) is 11.0. The van der Waals surface area contributed by atoms with Crippen molar-refractivity contribution in [1.82, 2.24) is 5.32 Å². The normalized spacial score (nSPS) is 9.40. The largest absolute Gasteiger partial charge is 0.384 e. The summed E-state index contributed by atoms with van der Waals surface area (Å²) in [6.45, 7) is 2.71. The number of benzene rings is 3. The lowest BCUT2D eigenvalue weighted by molar-refractivity contribution is -0.383. The zero-order chi connectivity index (χ0) is 16.8. The number of nitrogens with zero attached hydrogens (tertiary/aromatic N) is 1. The predicted molar refractivity (Wildman–Crippen MR) is 112 cm³/mol. The quantitative estimate of drug-likeness (QED) is 0.378. The van der Waals surface area contributed by atoms with Crippen molar-refractivity contribution in [2.75, 3.05) is 26.0 Å². The van der Waals surface area contributed by atoms with Gasteiger partial charge in [0.15, 0.2) is 0 Å². The highest BCUT2D eigenvalue weighted by Crippen LogP contribution is 2.38. The average Bonchev–Trinajstić information content (AvgIpc) is 2.54. The van der Waals surface area contributed by atoms with Gasteiger partial charge >= 0.3 is 0 Å². The Balaban J connectivity index is 0.00000108. The number of hydrogen-bond acceptors (Lipinski definition) is 4. The molecule has 0 saturated carbocycles. The van der Waals surface area contributed by atoms with E-state index in [-0.39, 0.29) is 35.4 Å². The Hall–Kier alpha value is -2.08. The molecule has 136 valence electrons. The van der Waals surface area contributed by atoms with Crippen molar-refractivity contribution in [2.45, 2.75) is 6.92 Å². The van der Waals surface area contributed by atoms with E-state index < -0.39 is 0 Å². The molecule has 0 fully saturated rings. The molecule has 7 heteroatoms. The maximum Gasteiger partial charge on any atom is 0.279 e. The van der Waals surface area contributed by atoms with E-state index in [4.69, 9.17) is 0 Å². The molecule has 2 N–H and O–H groups in total. The second kappa shape index (κ2) is 10.7. The molecule has 0 spiro atoms. The Morgan fingerprint density at radius 3 is 2.20 bits per heavy atom. The molecule has 0 bridgehead atoms. The first-order valence-electron chi connectivity index (χ1n) is 7.55. The van der Waals surface area contributed by atoms with Crippen LogP contribution in [0.4, 0.5) is 11.4 Å². The Morgan fingerprint density at radius 2 is 1.60 bits per heavy atom. The van der Waals surface area contributed by atoms with Crippen molar-refractivity contribution in [1.29, 1.82) is 0 Å². The van der Waals surface area contributed by atoms with Gasteiger partial charge in [0.05, 0.1) is 16.0 Å². The summed E-state index contributed by atoms with van der Waals surface area (Å²) in [5.41, 5.74) is 0.983. The van der Waals surface area contributed by atoms with Gasteiger partial charge in [-0.3, -0.25) is 10.1 Å². The second-order valence-electron chi connectivity index (χ2n) is 5.14. The monoisotopic (exact) mass is 383 g/mol. The molecule has 0 radical (unpaired) electrons. The summed E-state index contributed by atoms with van der Waals surface area (Å²) < 4.78 is 0. The standard InChI is InChI=1S/C16H14N2O2.C2H7N.2ClH/c1-2-17-16-13-8-4-3-6-11(13)10-12-7-5-9-14(15(12)16)18(19)20;1-3-2;;/h3-10,17H,2H2,1H3;3H,1-2H3;2*1H. The fourth-order valence-electron chi connectivity index (χ4n) is 2.62. The molecule has 3 rings (SSSR count). The zero-order valence-electron chi connectivity index (χ0n) is 14.4. The third-order valence-corrected chi connectivity index (χ3v) is 3.42. The van der Waals surface area contributed by atoms with Crippen LogP contribution in [0.15, 0.2) is 48.5 Å². The van der Waals surface area contributed by atoms with E-state index in [0.717, 1.165) is 28.4 Å². The SMILES string of the molecule is CCNc1c2ccccc2cc2cccc([N+](=O)[O-])c12.CNC.Cl.Cl. The lowest BCUT2D eigenvalue weighted by Crippen LogP contribution is -2.00. The Kier molecular flexibility index (Phi) is 9.82. The van der Waals surface area contributed by atoms with E-state index >= 15 is 0 Å². The Labute approximate surface area is 159 Å². The van der Waals surface area contributed by atoms with E-state index in [1.807, 2.05) is 57.4 Å². The van der Waals surface area contributed by atoms with Gasteiger partial charge in [0.25, 0.3) is 5.69 Å². The topological polar surface area (TPSA) is 67.2 Å². The van der Waals surface area contributed by atoms with Crippen molar-refractivity contribution in [2.24, 2.45) is 0 Å². The van der Waals surface area contributed by atoms with Gasteiger partial charge in [-0.05, 0) is 37.9 Å². The third-order valence-electron chi connectivity index (χ3n) is 3.42. The van der Waals surface area contributed by atoms with Crippen LogP contribution < -0.4 is 10.6 Å². The molecular weight excluding hydrogens is 361 g/mol. The van der Waals surface area contributed by atoms with E-state index in [9.17, 15) is 10.1 Å². The molecule has 0 amide bonds. The van der Waals surface area contributed by atoms with Gasteiger partial charge in [0.2, 0.25) is 0 Å². The van der Waals surface area contributed by atoms with Crippen molar-refractivity contribution in [3.05, 3.63) is 58.6 Å². The second-order valence-corrected chi connectivity index (χ2v) is 5.14. The summed E-state index contributed by atoms with van der Waals surface area (Å²) in [5, 5.41) is 21.0. The minimum Gasteiger partial charge on any atom is -0.384 e. The van der Waals surface area contributed by atoms with Crippen molar-refractivity contribution in [3.8, 4) is 0 Å². The van der Waals surface area contributed by atoms with Gasteiger partial charge in [-0.1, -0.05) is 36.4 Å². The molecular formula is C18H23Cl2N3O2. The number of nitrogens with one attached hydrogen (secondary N) is 2. The molecule has 0 aliphatic rings. The van der Waals surface area contributed by atoms with Crippen LogP contribution in [0.25, 0.3) is 21.5 Å². The van der Waals surface area contributed by atoms with E-state index in [1.54, 1.807) is 12.1 Å². The van der Waals surface area contributed by atoms with Gasteiger partial charge in [-0.2, -0.15) is 0 Å². The highest BCUT2D eigenvalue weighted by atomic mass is 35.5. The van der Waals surface area contributed by atoms with E-state index in [2.05, 4.69) is 10.6 Å². The summed E-state index contributed by atoms with van der Waals surface area (Å²) in [6.07, 6.45) is 0. The molecule has 3 aromatic rings. The number of fused-ring (bicyclic) bond motifs is 2.